The number of rotatable bonds is 8. The second-order valence-electron chi connectivity index (χ2n) is 5.84. The van der Waals surface area contributed by atoms with Gasteiger partial charge < -0.3 is 9.64 Å². The van der Waals surface area contributed by atoms with Crippen molar-refractivity contribution < 1.29 is 17.9 Å². The van der Waals surface area contributed by atoms with Gasteiger partial charge in [0.1, 0.15) is 5.75 Å². The number of carbonyl (C=O) groups is 1. The van der Waals surface area contributed by atoms with Crippen LogP contribution in [0.25, 0.3) is 0 Å². The van der Waals surface area contributed by atoms with E-state index in [2.05, 4.69) is 4.72 Å². The molecule has 0 fully saturated rings. The first-order valence-corrected chi connectivity index (χ1v) is 9.15. The molecule has 0 aliphatic rings. The average molecular weight is 342 g/mol. The van der Waals surface area contributed by atoms with Gasteiger partial charge in [-0.2, -0.15) is 0 Å². The van der Waals surface area contributed by atoms with Crippen molar-refractivity contribution in [2.45, 2.75) is 51.7 Å². The molecule has 1 amide bonds. The maximum absolute atomic E-state index is 12.2. The second kappa shape index (κ2) is 8.31. The van der Waals surface area contributed by atoms with Crippen molar-refractivity contribution in [3.8, 4) is 5.75 Å². The lowest BCUT2D eigenvalue weighted by atomic mass is 10.3. The van der Waals surface area contributed by atoms with Gasteiger partial charge in [-0.15, -0.1) is 0 Å². The zero-order chi connectivity index (χ0) is 17.6. The maximum Gasteiger partial charge on any atom is 0.240 e. The lowest BCUT2D eigenvalue weighted by Crippen LogP contribution is -2.41. The monoisotopic (exact) mass is 342 g/mol. The van der Waals surface area contributed by atoms with Gasteiger partial charge in [-0.1, -0.05) is 0 Å². The minimum absolute atomic E-state index is 0.0316. The third kappa shape index (κ3) is 6.19. The average Bonchev–Trinajstić information content (AvgIpc) is 2.42. The number of nitrogens with zero attached hydrogens (tertiary/aromatic N) is 1. The molecule has 0 aliphatic carbocycles. The van der Waals surface area contributed by atoms with Crippen molar-refractivity contribution in [3.63, 3.8) is 0 Å². The number of carbonyl (C=O) groups excluding carboxylic acids is 1. The molecule has 0 heterocycles. The Kier molecular flexibility index (Phi) is 7.02. The van der Waals surface area contributed by atoms with Gasteiger partial charge in [0, 0.05) is 26.1 Å². The third-order valence-corrected chi connectivity index (χ3v) is 4.66. The van der Waals surface area contributed by atoms with E-state index in [0.29, 0.717) is 12.3 Å². The molecule has 0 saturated heterocycles. The van der Waals surface area contributed by atoms with Gasteiger partial charge in [0.15, 0.2) is 0 Å². The van der Waals surface area contributed by atoms with Gasteiger partial charge in [-0.3, -0.25) is 4.79 Å². The molecule has 0 atom stereocenters. The van der Waals surface area contributed by atoms with Crippen LogP contribution in [0.5, 0.6) is 5.75 Å². The van der Waals surface area contributed by atoms with Crippen LogP contribution in [0.3, 0.4) is 0 Å². The van der Waals surface area contributed by atoms with E-state index in [-0.39, 0.29) is 29.5 Å². The summed E-state index contributed by atoms with van der Waals surface area (Å²) >= 11 is 0. The summed E-state index contributed by atoms with van der Waals surface area (Å²) in [6.45, 7) is 9.57. The van der Waals surface area contributed by atoms with Crippen molar-refractivity contribution in [1.29, 1.82) is 0 Å². The maximum atomic E-state index is 12.2. The van der Waals surface area contributed by atoms with Crippen LogP contribution in [0.1, 0.15) is 34.6 Å². The van der Waals surface area contributed by atoms with Crippen molar-refractivity contribution in [1.82, 2.24) is 9.62 Å². The third-order valence-electron chi connectivity index (χ3n) is 3.18. The molecule has 23 heavy (non-hydrogen) atoms. The van der Waals surface area contributed by atoms with Crippen molar-refractivity contribution in [2.24, 2.45) is 0 Å². The van der Waals surface area contributed by atoms with Crippen LogP contribution < -0.4 is 9.46 Å². The highest BCUT2D eigenvalue weighted by Gasteiger charge is 2.16. The predicted molar refractivity (Wildman–Crippen MR) is 89.9 cm³/mol. The lowest BCUT2D eigenvalue weighted by molar-refractivity contribution is -0.130. The Labute approximate surface area is 138 Å². The fraction of sp³-hybridized carbons (Fsp3) is 0.562. The zero-order valence-electron chi connectivity index (χ0n) is 14.4. The van der Waals surface area contributed by atoms with Crippen LogP contribution in [-0.4, -0.2) is 44.5 Å². The van der Waals surface area contributed by atoms with E-state index in [9.17, 15) is 13.2 Å². The molecule has 1 aromatic rings. The Morgan fingerprint density at radius 3 is 2.17 bits per heavy atom. The molecule has 0 aromatic heterocycles. The SMILES string of the molecule is CC(=O)N(CCNS(=O)(=O)c1ccc(OC(C)C)cc1)C(C)C. The molecule has 130 valence electrons. The Morgan fingerprint density at radius 2 is 1.74 bits per heavy atom. The quantitative estimate of drug-likeness (QED) is 0.784. The Hall–Kier alpha value is -1.60. The minimum atomic E-state index is -3.60. The highest BCUT2D eigenvalue weighted by molar-refractivity contribution is 7.89. The van der Waals surface area contributed by atoms with E-state index in [4.69, 9.17) is 4.74 Å². The van der Waals surface area contributed by atoms with E-state index in [1.165, 1.54) is 19.1 Å². The van der Waals surface area contributed by atoms with Crippen LogP contribution in [0.4, 0.5) is 0 Å². The molecule has 0 radical (unpaired) electrons. The molecule has 0 aliphatic heterocycles. The lowest BCUT2D eigenvalue weighted by Gasteiger charge is -2.25. The summed E-state index contributed by atoms with van der Waals surface area (Å²) in [5.41, 5.74) is 0. The van der Waals surface area contributed by atoms with E-state index in [1.54, 1.807) is 17.0 Å². The molecule has 1 rings (SSSR count). The summed E-state index contributed by atoms with van der Waals surface area (Å²) in [6.07, 6.45) is 0.0316. The number of hydrogen-bond acceptors (Lipinski definition) is 4. The summed E-state index contributed by atoms with van der Waals surface area (Å²) in [4.78, 5) is 13.3. The number of benzene rings is 1. The molecule has 0 saturated carbocycles. The zero-order valence-corrected chi connectivity index (χ0v) is 15.2. The number of nitrogens with one attached hydrogen (secondary N) is 1. The van der Waals surface area contributed by atoms with Gasteiger partial charge in [0.25, 0.3) is 0 Å². The molecule has 0 unspecified atom stereocenters. The first kappa shape index (κ1) is 19.4. The Bertz CT molecular complexity index is 609. The largest absolute Gasteiger partial charge is 0.491 e. The summed E-state index contributed by atoms with van der Waals surface area (Å²) in [7, 11) is -3.60. The fourth-order valence-corrected chi connectivity index (χ4v) is 3.15. The number of ether oxygens (including phenoxy) is 1. The molecular weight excluding hydrogens is 316 g/mol. The Morgan fingerprint density at radius 1 is 1.17 bits per heavy atom. The molecule has 0 spiro atoms. The fourth-order valence-electron chi connectivity index (χ4n) is 2.13. The number of amides is 1. The molecule has 1 N–H and O–H groups in total. The van der Waals surface area contributed by atoms with Crippen LogP contribution >= 0.6 is 0 Å². The van der Waals surface area contributed by atoms with Gasteiger partial charge in [-0.05, 0) is 52.0 Å². The smallest absolute Gasteiger partial charge is 0.240 e. The standard InChI is InChI=1S/C16H26N2O4S/c1-12(2)18(14(5)19)11-10-17-23(20,21)16-8-6-15(7-9-16)22-13(3)4/h6-9,12-13,17H,10-11H2,1-5H3. The normalized spacial score (nSPS) is 11.8. The molecule has 6 nitrogen and oxygen atoms in total. The van der Waals surface area contributed by atoms with Crippen LogP contribution in [0.2, 0.25) is 0 Å². The van der Waals surface area contributed by atoms with Gasteiger partial charge in [0.05, 0.1) is 11.0 Å². The van der Waals surface area contributed by atoms with Crippen molar-refractivity contribution >= 4 is 15.9 Å². The first-order valence-electron chi connectivity index (χ1n) is 7.67. The summed E-state index contributed by atoms with van der Waals surface area (Å²) in [6, 6.07) is 6.30. The topological polar surface area (TPSA) is 75.7 Å². The molecular formula is C16H26N2O4S. The molecule has 1 aromatic carbocycles. The molecule has 7 heteroatoms. The van der Waals surface area contributed by atoms with Gasteiger partial charge in [-0.25, -0.2) is 13.1 Å². The van der Waals surface area contributed by atoms with E-state index >= 15 is 0 Å². The summed E-state index contributed by atoms with van der Waals surface area (Å²) in [5.74, 6) is 0.552. The number of hydrogen-bond donors (Lipinski definition) is 1. The van der Waals surface area contributed by atoms with Crippen LogP contribution in [-0.2, 0) is 14.8 Å². The predicted octanol–water partition coefficient (Wildman–Crippen LogP) is 2.01. The van der Waals surface area contributed by atoms with E-state index in [1.807, 2.05) is 27.7 Å². The van der Waals surface area contributed by atoms with Gasteiger partial charge >= 0.3 is 0 Å². The second-order valence-corrected chi connectivity index (χ2v) is 7.61. The first-order chi connectivity index (χ1) is 10.6. The number of sulfonamides is 1. The van der Waals surface area contributed by atoms with E-state index < -0.39 is 10.0 Å². The summed E-state index contributed by atoms with van der Waals surface area (Å²) < 4.78 is 32.5. The van der Waals surface area contributed by atoms with Crippen LogP contribution in [0, 0.1) is 0 Å². The highest BCUT2D eigenvalue weighted by Crippen LogP contribution is 2.16. The summed E-state index contributed by atoms with van der Waals surface area (Å²) in [5, 5.41) is 0. The van der Waals surface area contributed by atoms with Crippen molar-refractivity contribution in [3.05, 3.63) is 24.3 Å². The Balaban J connectivity index is 2.67. The minimum Gasteiger partial charge on any atom is -0.491 e. The van der Waals surface area contributed by atoms with E-state index in [0.717, 1.165) is 0 Å². The highest BCUT2D eigenvalue weighted by atomic mass is 32.2. The van der Waals surface area contributed by atoms with Crippen molar-refractivity contribution in [2.75, 3.05) is 13.1 Å². The molecule has 0 bridgehead atoms. The van der Waals surface area contributed by atoms with Crippen LogP contribution in [0.15, 0.2) is 29.2 Å². The van der Waals surface area contributed by atoms with Gasteiger partial charge in [0.2, 0.25) is 15.9 Å².